The summed E-state index contributed by atoms with van der Waals surface area (Å²) >= 11 is 0. The Balaban J connectivity index is 2.19. The molecule has 1 saturated carbocycles. The van der Waals surface area contributed by atoms with Crippen LogP contribution in [0.15, 0.2) is 11.6 Å². The van der Waals surface area contributed by atoms with E-state index in [4.69, 9.17) is 0 Å². The molecule has 2 aliphatic rings. The van der Waals surface area contributed by atoms with Crippen molar-refractivity contribution in [3.8, 4) is 0 Å². The average Bonchev–Trinajstić information content (AvgIpc) is 2.41. The molecule has 0 bridgehead atoms. The molecular formula is C7H10. The van der Waals surface area contributed by atoms with Gasteiger partial charge in [0, 0.05) is 0 Å². The van der Waals surface area contributed by atoms with E-state index in [1.807, 2.05) is 0 Å². The summed E-state index contributed by atoms with van der Waals surface area (Å²) in [5, 5.41) is 0. The molecule has 0 aromatic heterocycles. The first-order valence-electron chi connectivity index (χ1n) is 3.16. The monoisotopic (exact) mass is 94.1 g/mol. The maximum atomic E-state index is 2.42. The highest BCUT2D eigenvalue weighted by Gasteiger charge is 2.30. The van der Waals surface area contributed by atoms with Crippen LogP contribution in [0.25, 0.3) is 0 Å². The van der Waals surface area contributed by atoms with E-state index in [0.717, 1.165) is 5.92 Å². The van der Waals surface area contributed by atoms with Crippen LogP contribution in [-0.4, -0.2) is 0 Å². The van der Waals surface area contributed by atoms with E-state index >= 15 is 0 Å². The van der Waals surface area contributed by atoms with Gasteiger partial charge in [-0.05, 0) is 31.6 Å². The van der Waals surface area contributed by atoms with E-state index in [0.29, 0.717) is 0 Å². The van der Waals surface area contributed by atoms with Crippen LogP contribution in [0.1, 0.15) is 25.7 Å². The normalized spacial score (nSPS) is 36.6. The lowest BCUT2D eigenvalue weighted by Crippen LogP contribution is -1.81. The highest BCUT2D eigenvalue weighted by Crippen LogP contribution is 2.44. The molecular weight excluding hydrogens is 84.1 g/mol. The van der Waals surface area contributed by atoms with E-state index in [-0.39, 0.29) is 0 Å². The first kappa shape index (κ1) is 3.71. The zero-order valence-corrected chi connectivity index (χ0v) is 4.48. The largest absolute Gasteiger partial charge is 0.0850 e. The summed E-state index contributed by atoms with van der Waals surface area (Å²) in [6.07, 6.45) is 8.18. The van der Waals surface area contributed by atoms with E-state index in [9.17, 15) is 0 Å². The van der Waals surface area contributed by atoms with Gasteiger partial charge >= 0.3 is 0 Å². The third-order valence-electron chi connectivity index (χ3n) is 2.01. The smallest absolute Gasteiger partial charge is 0.0166 e. The van der Waals surface area contributed by atoms with E-state index in [1.165, 1.54) is 25.7 Å². The van der Waals surface area contributed by atoms with Crippen molar-refractivity contribution in [2.24, 2.45) is 5.92 Å². The van der Waals surface area contributed by atoms with Gasteiger partial charge in [0.05, 0.1) is 0 Å². The zero-order valence-electron chi connectivity index (χ0n) is 4.48. The van der Waals surface area contributed by atoms with Crippen molar-refractivity contribution < 1.29 is 0 Å². The van der Waals surface area contributed by atoms with Gasteiger partial charge in [0.2, 0.25) is 0 Å². The van der Waals surface area contributed by atoms with Crippen molar-refractivity contribution in [1.29, 1.82) is 0 Å². The summed E-state index contributed by atoms with van der Waals surface area (Å²) in [4.78, 5) is 0. The number of hydrogen-bond donors (Lipinski definition) is 0. The molecule has 7 heavy (non-hydrogen) atoms. The van der Waals surface area contributed by atoms with Crippen LogP contribution < -0.4 is 0 Å². The molecule has 0 N–H and O–H groups in total. The number of rotatable bonds is 0. The molecule has 0 aromatic rings. The van der Waals surface area contributed by atoms with Gasteiger partial charge in [0.25, 0.3) is 0 Å². The molecule has 0 heterocycles. The minimum absolute atomic E-state index is 1.06. The second-order valence-electron chi connectivity index (χ2n) is 2.61. The van der Waals surface area contributed by atoms with Gasteiger partial charge < -0.3 is 0 Å². The third kappa shape index (κ3) is 0.495. The standard InChI is InChI=1S/C7H10/c1-2-4-7-5-6(7)3-1/h3,7H,1-2,4-5H2/t7-/m1/s1. The minimum atomic E-state index is 1.06. The molecule has 0 spiro atoms. The fourth-order valence-electron chi connectivity index (χ4n) is 1.41. The Kier molecular flexibility index (Phi) is 0.592. The van der Waals surface area contributed by atoms with E-state index < -0.39 is 0 Å². The quantitative estimate of drug-likeness (QED) is 0.403. The molecule has 38 valence electrons. The topological polar surface area (TPSA) is 0 Å². The van der Waals surface area contributed by atoms with Crippen molar-refractivity contribution >= 4 is 0 Å². The lowest BCUT2D eigenvalue weighted by Gasteiger charge is -1.97. The summed E-state index contributed by atoms with van der Waals surface area (Å²) in [5.74, 6) is 1.06. The van der Waals surface area contributed by atoms with Gasteiger partial charge in [-0.2, -0.15) is 0 Å². The molecule has 2 rings (SSSR count). The summed E-state index contributed by atoms with van der Waals surface area (Å²) in [6.45, 7) is 0. The summed E-state index contributed by atoms with van der Waals surface area (Å²) in [6, 6.07) is 0. The molecule has 2 aliphatic carbocycles. The SMILES string of the molecule is C1=C2C[C@H]2CCC1. The molecule has 0 amide bonds. The molecule has 1 fully saturated rings. The van der Waals surface area contributed by atoms with Gasteiger partial charge in [-0.15, -0.1) is 0 Å². The molecule has 0 unspecified atom stereocenters. The Bertz CT molecular complexity index is 111. The second kappa shape index (κ2) is 1.12. The van der Waals surface area contributed by atoms with Crippen LogP contribution in [0.5, 0.6) is 0 Å². The van der Waals surface area contributed by atoms with Gasteiger partial charge in [-0.25, -0.2) is 0 Å². The van der Waals surface area contributed by atoms with Crippen molar-refractivity contribution in [2.75, 3.05) is 0 Å². The number of fused-ring (bicyclic) bond motifs is 1. The van der Waals surface area contributed by atoms with Crippen LogP contribution >= 0.6 is 0 Å². The Labute approximate surface area is 44.2 Å². The fourth-order valence-corrected chi connectivity index (χ4v) is 1.41. The van der Waals surface area contributed by atoms with Gasteiger partial charge in [0.1, 0.15) is 0 Å². The molecule has 0 aliphatic heterocycles. The zero-order chi connectivity index (χ0) is 4.69. The van der Waals surface area contributed by atoms with Crippen molar-refractivity contribution in [3.63, 3.8) is 0 Å². The Hall–Kier alpha value is -0.260. The molecule has 0 nitrogen and oxygen atoms in total. The van der Waals surface area contributed by atoms with Crippen LogP contribution in [0, 0.1) is 5.92 Å². The van der Waals surface area contributed by atoms with E-state index in [1.54, 1.807) is 5.57 Å². The predicted octanol–water partition coefficient (Wildman–Crippen LogP) is 2.12. The Morgan fingerprint density at radius 3 is 3.14 bits per heavy atom. The predicted molar refractivity (Wildman–Crippen MR) is 30.0 cm³/mol. The van der Waals surface area contributed by atoms with Crippen LogP contribution in [0.4, 0.5) is 0 Å². The van der Waals surface area contributed by atoms with E-state index in [2.05, 4.69) is 6.08 Å². The second-order valence-corrected chi connectivity index (χ2v) is 2.61. The molecule has 0 heteroatoms. The number of allylic oxidation sites excluding steroid dienone is 2. The summed E-state index contributed by atoms with van der Waals surface area (Å²) in [7, 11) is 0. The molecule has 0 saturated heterocycles. The van der Waals surface area contributed by atoms with Crippen molar-refractivity contribution in [3.05, 3.63) is 11.6 Å². The van der Waals surface area contributed by atoms with Crippen molar-refractivity contribution in [1.82, 2.24) is 0 Å². The van der Waals surface area contributed by atoms with Gasteiger partial charge in [-0.1, -0.05) is 11.6 Å². The van der Waals surface area contributed by atoms with Crippen molar-refractivity contribution in [2.45, 2.75) is 25.7 Å². The summed E-state index contributed by atoms with van der Waals surface area (Å²) in [5.41, 5.74) is 1.76. The van der Waals surface area contributed by atoms with Gasteiger partial charge in [-0.3, -0.25) is 0 Å². The summed E-state index contributed by atoms with van der Waals surface area (Å²) < 4.78 is 0. The first-order valence-corrected chi connectivity index (χ1v) is 3.16. The minimum Gasteiger partial charge on any atom is -0.0850 e. The molecule has 0 radical (unpaired) electrons. The average molecular weight is 94.2 g/mol. The molecule has 0 aromatic carbocycles. The third-order valence-corrected chi connectivity index (χ3v) is 2.01. The van der Waals surface area contributed by atoms with Crippen LogP contribution in [0.3, 0.4) is 0 Å². The van der Waals surface area contributed by atoms with Gasteiger partial charge in [0.15, 0.2) is 0 Å². The van der Waals surface area contributed by atoms with Crippen LogP contribution in [-0.2, 0) is 0 Å². The van der Waals surface area contributed by atoms with Crippen LogP contribution in [0.2, 0.25) is 0 Å². The highest BCUT2D eigenvalue weighted by atomic mass is 14.3. The molecule has 1 atom stereocenters. The fraction of sp³-hybridized carbons (Fsp3) is 0.714. The Morgan fingerprint density at radius 1 is 1.57 bits per heavy atom. The lowest BCUT2D eigenvalue weighted by molar-refractivity contribution is 0.673. The Morgan fingerprint density at radius 2 is 2.57 bits per heavy atom. The highest BCUT2D eigenvalue weighted by molar-refractivity contribution is 5.24. The lowest BCUT2D eigenvalue weighted by atomic mass is 10.1. The first-order chi connectivity index (χ1) is 3.47. The number of hydrogen-bond acceptors (Lipinski definition) is 0. The maximum Gasteiger partial charge on any atom is -0.0166 e. The maximum absolute atomic E-state index is 2.42.